The summed E-state index contributed by atoms with van der Waals surface area (Å²) in [6, 6.07) is 9.74. The zero-order valence-electron chi connectivity index (χ0n) is 14.8. The summed E-state index contributed by atoms with van der Waals surface area (Å²) in [7, 11) is 1.65. The Morgan fingerprint density at radius 3 is 2.68 bits per heavy atom. The molecule has 25 heavy (non-hydrogen) atoms. The Kier molecular flexibility index (Phi) is 5.40. The highest BCUT2D eigenvalue weighted by atomic mass is 16.5. The van der Waals surface area contributed by atoms with E-state index in [-0.39, 0.29) is 0 Å². The van der Waals surface area contributed by atoms with Gasteiger partial charge in [-0.15, -0.1) is 0 Å². The highest BCUT2D eigenvalue weighted by Crippen LogP contribution is 2.28. The first-order chi connectivity index (χ1) is 12.1. The van der Waals surface area contributed by atoms with Gasteiger partial charge in [0.15, 0.2) is 0 Å². The van der Waals surface area contributed by atoms with Gasteiger partial charge in [0.2, 0.25) is 0 Å². The van der Waals surface area contributed by atoms with Crippen LogP contribution in [0, 0.1) is 6.92 Å². The molecule has 6 heteroatoms. The fourth-order valence-electron chi connectivity index (χ4n) is 3.27. The molecule has 1 saturated heterocycles. The van der Waals surface area contributed by atoms with Crippen molar-refractivity contribution in [1.29, 1.82) is 0 Å². The second-order valence-electron chi connectivity index (χ2n) is 6.23. The van der Waals surface area contributed by atoms with Crippen molar-refractivity contribution in [2.75, 3.05) is 40.0 Å². The highest BCUT2D eigenvalue weighted by Gasteiger charge is 2.18. The van der Waals surface area contributed by atoms with Crippen LogP contribution in [0.25, 0.3) is 11.3 Å². The van der Waals surface area contributed by atoms with Crippen molar-refractivity contribution >= 4 is 5.91 Å². The monoisotopic (exact) mass is 343 g/mol. The summed E-state index contributed by atoms with van der Waals surface area (Å²) in [6.07, 6.45) is 0. The summed E-state index contributed by atoms with van der Waals surface area (Å²) in [5.41, 5.74) is 9.03. The number of carbonyl (C=O) groups excluding carboxylic acids is 1. The molecule has 6 nitrogen and oxygen atoms in total. The van der Waals surface area contributed by atoms with E-state index in [1.54, 1.807) is 7.11 Å². The van der Waals surface area contributed by atoms with Crippen LogP contribution in [0.3, 0.4) is 0 Å². The molecule has 1 aromatic carbocycles. The second kappa shape index (κ2) is 7.72. The van der Waals surface area contributed by atoms with Crippen molar-refractivity contribution in [3.05, 3.63) is 41.6 Å². The Hall–Kier alpha value is -2.31. The number of morpholine rings is 1. The highest BCUT2D eigenvalue weighted by molar-refractivity contribution is 5.95. The van der Waals surface area contributed by atoms with Crippen LogP contribution in [-0.2, 0) is 11.3 Å². The Morgan fingerprint density at radius 1 is 1.24 bits per heavy atom. The molecule has 1 amide bonds. The smallest absolute Gasteiger partial charge is 0.250 e. The third kappa shape index (κ3) is 3.86. The molecule has 134 valence electrons. The lowest BCUT2D eigenvalue weighted by molar-refractivity contribution is 0.0364. The molecule has 2 N–H and O–H groups in total. The molecular weight excluding hydrogens is 318 g/mol. The Bertz CT molecular complexity index is 748. The van der Waals surface area contributed by atoms with Crippen LogP contribution in [0.15, 0.2) is 30.3 Å². The number of amides is 1. The van der Waals surface area contributed by atoms with E-state index >= 15 is 0 Å². The SMILES string of the molecule is COc1cccc(-c2cc(C(N)=O)c(C)n2CCN2CCOCC2)c1. The molecule has 3 rings (SSSR count). The van der Waals surface area contributed by atoms with Crippen LogP contribution in [-0.4, -0.2) is 55.3 Å². The molecule has 2 aromatic rings. The molecule has 1 aliphatic rings. The van der Waals surface area contributed by atoms with Crippen LogP contribution in [0.5, 0.6) is 5.75 Å². The van der Waals surface area contributed by atoms with Crippen molar-refractivity contribution < 1.29 is 14.3 Å². The van der Waals surface area contributed by atoms with Crippen LogP contribution in [0.4, 0.5) is 0 Å². The van der Waals surface area contributed by atoms with E-state index < -0.39 is 5.91 Å². The van der Waals surface area contributed by atoms with Crippen LogP contribution in [0.1, 0.15) is 16.1 Å². The van der Waals surface area contributed by atoms with Gasteiger partial charge in [0, 0.05) is 43.1 Å². The number of methoxy groups -OCH3 is 1. The van der Waals surface area contributed by atoms with E-state index in [0.29, 0.717) is 5.56 Å². The van der Waals surface area contributed by atoms with Gasteiger partial charge >= 0.3 is 0 Å². The van der Waals surface area contributed by atoms with Crippen molar-refractivity contribution in [2.45, 2.75) is 13.5 Å². The van der Waals surface area contributed by atoms with Crippen molar-refractivity contribution in [2.24, 2.45) is 5.73 Å². The number of aromatic nitrogens is 1. The molecule has 0 bridgehead atoms. The molecule has 0 aliphatic carbocycles. The van der Waals surface area contributed by atoms with Crippen molar-refractivity contribution in [3.63, 3.8) is 0 Å². The fourth-order valence-corrected chi connectivity index (χ4v) is 3.27. The van der Waals surface area contributed by atoms with Crippen LogP contribution in [0.2, 0.25) is 0 Å². The van der Waals surface area contributed by atoms with Gasteiger partial charge in [0.1, 0.15) is 5.75 Å². The Labute approximate surface area is 148 Å². The summed E-state index contributed by atoms with van der Waals surface area (Å²) in [4.78, 5) is 14.2. The van der Waals surface area contributed by atoms with Gasteiger partial charge in [-0.25, -0.2) is 0 Å². The number of primary amides is 1. The molecule has 1 aromatic heterocycles. The molecule has 0 spiro atoms. The Balaban J connectivity index is 1.92. The predicted octanol–water partition coefficient (Wildman–Crippen LogP) is 1.90. The van der Waals surface area contributed by atoms with E-state index in [0.717, 1.165) is 62.1 Å². The van der Waals surface area contributed by atoms with Crippen molar-refractivity contribution in [3.8, 4) is 17.0 Å². The van der Waals surface area contributed by atoms with E-state index in [4.69, 9.17) is 15.2 Å². The number of carbonyl (C=O) groups is 1. The van der Waals surface area contributed by atoms with E-state index in [2.05, 4.69) is 9.47 Å². The standard InChI is InChI=1S/C19H25N3O3/c1-14-17(19(20)23)13-18(15-4-3-5-16(12-15)24-2)22(14)7-6-21-8-10-25-11-9-21/h3-5,12-13H,6-11H2,1-2H3,(H2,20,23). The number of hydrogen-bond acceptors (Lipinski definition) is 4. The third-order valence-corrected chi connectivity index (χ3v) is 4.74. The summed E-state index contributed by atoms with van der Waals surface area (Å²) in [5, 5.41) is 0. The number of ether oxygens (including phenoxy) is 2. The second-order valence-corrected chi connectivity index (χ2v) is 6.23. The molecule has 2 heterocycles. The normalized spacial score (nSPS) is 15.3. The maximum Gasteiger partial charge on any atom is 0.250 e. The summed E-state index contributed by atoms with van der Waals surface area (Å²) >= 11 is 0. The largest absolute Gasteiger partial charge is 0.497 e. The maximum absolute atomic E-state index is 11.8. The minimum Gasteiger partial charge on any atom is -0.497 e. The average Bonchev–Trinajstić information content (AvgIpc) is 2.97. The Morgan fingerprint density at radius 2 is 2.00 bits per heavy atom. The molecule has 0 saturated carbocycles. The first kappa shape index (κ1) is 17.5. The minimum absolute atomic E-state index is 0.397. The topological polar surface area (TPSA) is 69.7 Å². The van der Waals surface area contributed by atoms with Gasteiger partial charge in [0.05, 0.1) is 25.9 Å². The zero-order chi connectivity index (χ0) is 17.8. The van der Waals surface area contributed by atoms with Gasteiger partial charge in [-0.3, -0.25) is 9.69 Å². The lowest BCUT2D eigenvalue weighted by Gasteiger charge is -2.27. The zero-order valence-corrected chi connectivity index (χ0v) is 14.8. The first-order valence-electron chi connectivity index (χ1n) is 8.54. The number of nitrogens with two attached hydrogens (primary N) is 1. The van der Waals surface area contributed by atoms with E-state index in [1.165, 1.54) is 0 Å². The number of rotatable bonds is 6. The van der Waals surface area contributed by atoms with Gasteiger partial charge in [0.25, 0.3) is 5.91 Å². The predicted molar refractivity (Wildman–Crippen MR) is 96.9 cm³/mol. The fraction of sp³-hybridized carbons (Fsp3) is 0.421. The number of nitrogens with zero attached hydrogens (tertiary/aromatic N) is 2. The number of hydrogen-bond donors (Lipinski definition) is 1. The third-order valence-electron chi connectivity index (χ3n) is 4.74. The quantitative estimate of drug-likeness (QED) is 0.870. The molecular formula is C19H25N3O3. The molecule has 1 fully saturated rings. The lowest BCUT2D eigenvalue weighted by atomic mass is 10.1. The molecule has 0 unspecified atom stereocenters. The van der Waals surface area contributed by atoms with Gasteiger partial charge in [-0.05, 0) is 25.1 Å². The summed E-state index contributed by atoms with van der Waals surface area (Å²) in [6.45, 7) is 7.09. The van der Waals surface area contributed by atoms with Gasteiger partial charge in [-0.2, -0.15) is 0 Å². The van der Waals surface area contributed by atoms with Crippen LogP contribution >= 0.6 is 0 Å². The van der Waals surface area contributed by atoms with Crippen LogP contribution < -0.4 is 10.5 Å². The number of benzene rings is 1. The van der Waals surface area contributed by atoms with Gasteiger partial charge in [-0.1, -0.05) is 12.1 Å². The maximum atomic E-state index is 11.8. The lowest BCUT2D eigenvalue weighted by Crippen LogP contribution is -2.38. The molecule has 1 aliphatic heterocycles. The summed E-state index contributed by atoms with van der Waals surface area (Å²) < 4.78 is 12.9. The summed E-state index contributed by atoms with van der Waals surface area (Å²) in [5.74, 6) is 0.392. The van der Waals surface area contributed by atoms with E-state index in [1.807, 2.05) is 37.3 Å². The van der Waals surface area contributed by atoms with Gasteiger partial charge < -0.3 is 19.8 Å². The first-order valence-corrected chi connectivity index (χ1v) is 8.54. The molecule has 0 radical (unpaired) electrons. The molecule has 0 atom stereocenters. The minimum atomic E-state index is -0.397. The van der Waals surface area contributed by atoms with E-state index in [9.17, 15) is 4.79 Å². The van der Waals surface area contributed by atoms with Crippen molar-refractivity contribution in [1.82, 2.24) is 9.47 Å². The average molecular weight is 343 g/mol.